The lowest BCUT2D eigenvalue weighted by Gasteiger charge is -2.10. The molecule has 1 aliphatic heterocycles. The number of ether oxygens (including phenoxy) is 1. The standard InChI is InChI=1S/C14H19N3O/c15-17-14(16-12-3-1-2-4-12)11-5-6-13-10(9-11)7-8-18-13/h5-6,9,12H,1-4,7-8,15H2,(H,16,17). The summed E-state index contributed by atoms with van der Waals surface area (Å²) in [6.45, 7) is 0.782. The van der Waals surface area contributed by atoms with Gasteiger partial charge in [0, 0.05) is 12.0 Å². The quantitative estimate of drug-likeness (QED) is 0.361. The maximum atomic E-state index is 5.62. The number of aliphatic imine (C=N–C) groups is 1. The lowest BCUT2D eigenvalue weighted by atomic mass is 10.1. The summed E-state index contributed by atoms with van der Waals surface area (Å²) in [5, 5.41) is 0. The summed E-state index contributed by atoms with van der Waals surface area (Å²) in [5.41, 5.74) is 5.06. The van der Waals surface area contributed by atoms with Crippen molar-refractivity contribution in [2.45, 2.75) is 38.1 Å². The van der Waals surface area contributed by atoms with Gasteiger partial charge in [0.25, 0.3) is 0 Å². The summed E-state index contributed by atoms with van der Waals surface area (Å²) in [7, 11) is 0. The van der Waals surface area contributed by atoms with Crippen molar-refractivity contribution in [3.8, 4) is 5.75 Å². The molecule has 0 unspecified atom stereocenters. The number of nitrogens with two attached hydrogens (primary N) is 1. The Morgan fingerprint density at radius 1 is 1.33 bits per heavy atom. The second-order valence-electron chi connectivity index (χ2n) is 4.98. The highest BCUT2D eigenvalue weighted by molar-refractivity contribution is 5.98. The summed E-state index contributed by atoms with van der Waals surface area (Å²) in [5.74, 6) is 7.41. The van der Waals surface area contributed by atoms with Gasteiger partial charge in [-0.3, -0.25) is 4.99 Å². The molecule has 0 aromatic heterocycles. The van der Waals surface area contributed by atoms with Crippen LogP contribution in [0.3, 0.4) is 0 Å². The second kappa shape index (κ2) is 4.98. The fraction of sp³-hybridized carbons (Fsp3) is 0.500. The van der Waals surface area contributed by atoms with E-state index in [4.69, 9.17) is 15.6 Å². The van der Waals surface area contributed by atoms with Gasteiger partial charge in [0.05, 0.1) is 12.6 Å². The Morgan fingerprint density at radius 2 is 2.17 bits per heavy atom. The molecule has 1 saturated carbocycles. The minimum atomic E-state index is 0.431. The van der Waals surface area contributed by atoms with Gasteiger partial charge >= 0.3 is 0 Å². The summed E-state index contributed by atoms with van der Waals surface area (Å²) in [4.78, 5) is 4.73. The maximum Gasteiger partial charge on any atom is 0.142 e. The number of rotatable bonds is 2. The highest BCUT2D eigenvalue weighted by atomic mass is 16.5. The molecule has 0 amide bonds. The molecule has 2 aliphatic rings. The average molecular weight is 245 g/mol. The van der Waals surface area contributed by atoms with E-state index in [2.05, 4.69) is 11.5 Å². The SMILES string of the molecule is NNC(=NC1CCCC1)c1ccc2c(c1)CCO2. The summed E-state index contributed by atoms with van der Waals surface area (Å²) in [6, 6.07) is 6.60. The fourth-order valence-corrected chi connectivity index (χ4v) is 2.74. The molecule has 1 aromatic carbocycles. The van der Waals surface area contributed by atoms with Gasteiger partial charge in [-0.15, -0.1) is 0 Å². The van der Waals surface area contributed by atoms with Crippen molar-refractivity contribution in [1.29, 1.82) is 0 Å². The summed E-state index contributed by atoms with van der Waals surface area (Å²) < 4.78 is 5.51. The van der Waals surface area contributed by atoms with Gasteiger partial charge in [-0.2, -0.15) is 0 Å². The molecular weight excluding hydrogens is 226 g/mol. The topological polar surface area (TPSA) is 59.6 Å². The minimum Gasteiger partial charge on any atom is -0.493 e. The predicted octanol–water partition coefficient (Wildman–Crippen LogP) is 1.77. The van der Waals surface area contributed by atoms with Crippen molar-refractivity contribution < 1.29 is 4.74 Å². The van der Waals surface area contributed by atoms with Crippen molar-refractivity contribution >= 4 is 5.84 Å². The molecule has 3 rings (SSSR count). The van der Waals surface area contributed by atoms with E-state index in [1.807, 2.05) is 12.1 Å². The zero-order chi connectivity index (χ0) is 12.4. The minimum absolute atomic E-state index is 0.431. The lowest BCUT2D eigenvalue weighted by molar-refractivity contribution is 0.357. The Kier molecular flexibility index (Phi) is 3.19. The van der Waals surface area contributed by atoms with Crippen molar-refractivity contribution in [3.63, 3.8) is 0 Å². The van der Waals surface area contributed by atoms with E-state index >= 15 is 0 Å². The van der Waals surface area contributed by atoms with Gasteiger partial charge in [-0.05, 0) is 36.6 Å². The van der Waals surface area contributed by atoms with E-state index in [0.29, 0.717) is 6.04 Å². The van der Waals surface area contributed by atoms with Crippen LogP contribution in [0.1, 0.15) is 36.8 Å². The van der Waals surface area contributed by atoms with Crippen LogP contribution in [0.15, 0.2) is 23.2 Å². The van der Waals surface area contributed by atoms with Gasteiger partial charge in [0.1, 0.15) is 11.6 Å². The molecule has 96 valence electrons. The lowest BCUT2D eigenvalue weighted by Crippen LogP contribution is -2.32. The number of nitrogens with zero attached hydrogens (tertiary/aromatic N) is 1. The summed E-state index contributed by atoms with van der Waals surface area (Å²) >= 11 is 0. The first-order chi connectivity index (χ1) is 8.86. The van der Waals surface area contributed by atoms with Gasteiger partial charge < -0.3 is 10.2 Å². The number of nitrogens with one attached hydrogen (secondary N) is 1. The number of hydrogen-bond acceptors (Lipinski definition) is 3. The van der Waals surface area contributed by atoms with Crippen LogP contribution >= 0.6 is 0 Å². The highest BCUT2D eigenvalue weighted by Crippen LogP contribution is 2.26. The molecule has 0 radical (unpaired) electrons. The molecule has 1 aromatic rings. The van der Waals surface area contributed by atoms with Gasteiger partial charge in [-0.25, -0.2) is 5.84 Å². The van der Waals surface area contributed by atoms with Crippen LogP contribution in [-0.2, 0) is 6.42 Å². The Morgan fingerprint density at radius 3 is 2.94 bits per heavy atom. The van der Waals surface area contributed by atoms with E-state index in [9.17, 15) is 0 Å². The van der Waals surface area contributed by atoms with Gasteiger partial charge in [0.15, 0.2) is 0 Å². The molecule has 3 N–H and O–H groups in total. The third-order valence-corrected chi connectivity index (χ3v) is 3.74. The molecule has 0 atom stereocenters. The summed E-state index contributed by atoms with van der Waals surface area (Å²) in [6.07, 6.45) is 5.90. The second-order valence-corrected chi connectivity index (χ2v) is 4.98. The number of hydrazine groups is 1. The van der Waals surface area contributed by atoms with Crippen molar-refractivity contribution in [2.75, 3.05) is 6.61 Å². The third kappa shape index (κ3) is 2.20. The molecule has 4 nitrogen and oxygen atoms in total. The molecule has 4 heteroatoms. The predicted molar refractivity (Wildman–Crippen MR) is 71.8 cm³/mol. The Labute approximate surface area is 107 Å². The number of hydrogen-bond donors (Lipinski definition) is 2. The van der Waals surface area contributed by atoms with E-state index in [-0.39, 0.29) is 0 Å². The number of amidine groups is 1. The van der Waals surface area contributed by atoms with Crippen LogP contribution in [-0.4, -0.2) is 18.5 Å². The van der Waals surface area contributed by atoms with Crippen LogP contribution < -0.4 is 16.0 Å². The highest BCUT2D eigenvalue weighted by Gasteiger charge is 2.17. The van der Waals surface area contributed by atoms with Crippen molar-refractivity contribution in [2.24, 2.45) is 10.8 Å². The molecule has 0 saturated heterocycles. The van der Waals surface area contributed by atoms with Crippen molar-refractivity contribution in [1.82, 2.24) is 5.43 Å². The maximum absolute atomic E-state index is 5.62. The van der Waals surface area contributed by atoms with Crippen LogP contribution in [0.2, 0.25) is 0 Å². The zero-order valence-electron chi connectivity index (χ0n) is 10.5. The normalized spacial score (nSPS) is 19.7. The Bertz CT molecular complexity index is 464. The monoisotopic (exact) mass is 245 g/mol. The Balaban J connectivity index is 1.86. The van der Waals surface area contributed by atoms with E-state index in [1.165, 1.54) is 31.2 Å². The number of benzene rings is 1. The average Bonchev–Trinajstić information content (AvgIpc) is 3.06. The van der Waals surface area contributed by atoms with Gasteiger partial charge in [0.2, 0.25) is 0 Å². The zero-order valence-corrected chi connectivity index (χ0v) is 10.5. The van der Waals surface area contributed by atoms with Crippen LogP contribution in [0.5, 0.6) is 5.75 Å². The van der Waals surface area contributed by atoms with E-state index < -0.39 is 0 Å². The van der Waals surface area contributed by atoms with Gasteiger partial charge in [-0.1, -0.05) is 12.8 Å². The molecule has 1 heterocycles. The van der Waals surface area contributed by atoms with Crippen LogP contribution in [0.25, 0.3) is 0 Å². The van der Waals surface area contributed by atoms with E-state index in [1.54, 1.807) is 0 Å². The molecule has 18 heavy (non-hydrogen) atoms. The largest absolute Gasteiger partial charge is 0.493 e. The van der Waals surface area contributed by atoms with Crippen LogP contribution in [0.4, 0.5) is 0 Å². The first-order valence-corrected chi connectivity index (χ1v) is 6.67. The molecule has 0 spiro atoms. The first kappa shape index (κ1) is 11.5. The smallest absolute Gasteiger partial charge is 0.142 e. The molecular formula is C14H19N3O. The molecule has 1 aliphatic carbocycles. The molecule has 1 fully saturated rings. The third-order valence-electron chi connectivity index (χ3n) is 3.74. The van der Waals surface area contributed by atoms with Crippen LogP contribution in [0, 0.1) is 0 Å². The Hall–Kier alpha value is -1.55. The first-order valence-electron chi connectivity index (χ1n) is 6.67. The van der Waals surface area contributed by atoms with E-state index in [0.717, 1.165) is 30.2 Å². The van der Waals surface area contributed by atoms with Crippen molar-refractivity contribution in [3.05, 3.63) is 29.3 Å². The number of fused-ring (bicyclic) bond motifs is 1. The fourth-order valence-electron chi connectivity index (χ4n) is 2.74. The molecule has 0 bridgehead atoms.